The lowest BCUT2D eigenvalue weighted by Gasteiger charge is -2.06. The lowest BCUT2D eigenvalue weighted by molar-refractivity contribution is -0.385. The molecule has 0 atom stereocenters. The van der Waals surface area contributed by atoms with Gasteiger partial charge in [0.15, 0.2) is 0 Å². The van der Waals surface area contributed by atoms with E-state index in [9.17, 15) is 20.0 Å². The van der Waals surface area contributed by atoms with Crippen LogP contribution in [-0.2, 0) is 0 Å². The SMILES string of the molecule is CC/C(=N\NC(=O)c1ccc([N+](=O)[O-])c(C)c1)c1ccc(O)cc1. The van der Waals surface area contributed by atoms with Crippen LogP contribution >= 0.6 is 0 Å². The molecule has 0 aliphatic rings. The normalized spacial score (nSPS) is 11.2. The molecule has 0 bridgehead atoms. The number of carbonyl (C=O) groups excluding carboxylic acids is 1. The van der Waals surface area contributed by atoms with Gasteiger partial charge in [-0.15, -0.1) is 0 Å². The van der Waals surface area contributed by atoms with E-state index in [2.05, 4.69) is 10.5 Å². The van der Waals surface area contributed by atoms with Crippen LogP contribution in [0.5, 0.6) is 5.75 Å². The third-order valence-electron chi connectivity index (χ3n) is 3.48. The van der Waals surface area contributed by atoms with Gasteiger partial charge in [0.1, 0.15) is 5.75 Å². The van der Waals surface area contributed by atoms with E-state index in [1.165, 1.54) is 18.2 Å². The number of amides is 1. The number of nitrogens with zero attached hydrogens (tertiary/aromatic N) is 2. The van der Waals surface area contributed by atoms with E-state index in [0.29, 0.717) is 23.3 Å². The minimum Gasteiger partial charge on any atom is -0.508 e. The van der Waals surface area contributed by atoms with Crippen LogP contribution in [0.4, 0.5) is 5.69 Å². The summed E-state index contributed by atoms with van der Waals surface area (Å²) in [5.74, 6) is -0.294. The molecule has 0 unspecified atom stereocenters. The molecule has 0 aliphatic heterocycles. The van der Waals surface area contributed by atoms with Crippen molar-refractivity contribution >= 4 is 17.3 Å². The van der Waals surface area contributed by atoms with E-state index in [-0.39, 0.29) is 11.4 Å². The van der Waals surface area contributed by atoms with Crippen molar-refractivity contribution in [3.05, 3.63) is 69.3 Å². The minimum absolute atomic E-state index is 0.0339. The molecule has 2 aromatic rings. The predicted octanol–water partition coefficient (Wildman–Crippen LogP) is 3.15. The summed E-state index contributed by atoms with van der Waals surface area (Å²) in [6, 6.07) is 10.6. The van der Waals surface area contributed by atoms with Gasteiger partial charge in [0.2, 0.25) is 0 Å². The Hall–Kier alpha value is -3.22. The smallest absolute Gasteiger partial charge is 0.272 e. The maximum absolute atomic E-state index is 12.2. The van der Waals surface area contributed by atoms with Crippen molar-refractivity contribution in [3.63, 3.8) is 0 Å². The number of nitrogens with one attached hydrogen (secondary N) is 1. The molecule has 0 aromatic heterocycles. The van der Waals surface area contributed by atoms with Gasteiger partial charge in [-0.05, 0) is 55.3 Å². The van der Waals surface area contributed by atoms with Gasteiger partial charge in [-0.3, -0.25) is 14.9 Å². The zero-order chi connectivity index (χ0) is 17.7. The second-order valence-corrected chi connectivity index (χ2v) is 5.16. The first-order valence-electron chi connectivity index (χ1n) is 7.33. The molecule has 1 amide bonds. The Bertz CT molecular complexity index is 798. The Balaban J connectivity index is 2.17. The standard InChI is InChI=1S/C17H17N3O4/c1-3-15(12-4-7-14(21)8-5-12)18-19-17(22)13-6-9-16(20(23)24)11(2)10-13/h4-10,21H,3H2,1-2H3,(H,19,22)/b18-15+. The molecule has 0 fully saturated rings. The van der Waals surface area contributed by atoms with Crippen molar-refractivity contribution in [2.24, 2.45) is 5.10 Å². The van der Waals surface area contributed by atoms with E-state index in [0.717, 1.165) is 5.56 Å². The van der Waals surface area contributed by atoms with Gasteiger partial charge in [0, 0.05) is 17.2 Å². The van der Waals surface area contributed by atoms with Crippen LogP contribution in [0.15, 0.2) is 47.6 Å². The van der Waals surface area contributed by atoms with Gasteiger partial charge >= 0.3 is 0 Å². The first kappa shape index (κ1) is 17.1. The van der Waals surface area contributed by atoms with Crippen LogP contribution in [0.3, 0.4) is 0 Å². The lowest BCUT2D eigenvalue weighted by atomic mass is 10.1. The van der Waals surface area contributed by atoms with Crippen molar-refractivity contribution in [2.45, 2.75) is 20.3 Å². The molecular weight excluding hydrogens is 310 g/mol. The van der Waals surface area contributed by atoms with Gasteiger partial charge < -0.3 is 5.11 Å². The van der Waals surface area contributed by atoms with Crippen LogP contribution in [0, 0.1) is 17.0 Å². The number of hydrogen-bond acceptors (Lipinski definition) is 5. The Morgan fingerprint density at radius 2 is 1.83 bits per heavy atom. The van der Waals surface area contributed by atoms with Crippen molar-refractivity contribution in [3.8, 4) is 5.75 Å². The van der Waals surface area contributed by atoms with Crippen LogP contribution in [0.2, 0.25) is 0 Å². The van der Waals surface area contributed by atoms with Gasteiger partial charge in [-0.25, -0.2) is 5.43 Å². The molecule has 0 saturated carbocycles. The maximum atomic E-state index is 12.2. The summed E-state index contributed by atoms with van der Waals surface area (Å²) < 4.78 is 0. The monoisotopic (exact) mass is 327 g/mol. The van der Waals surface area contributed by atoms with Gasteiger partial charge in [-0.2, -0.15) is 5.10 Å². The molecule has 7 nitrogen and oxygen atoms in total. The summed E-state index contributed by atoms with van der Waals surface area (Å²) in [4.78, 5) is 22.5. The fraction of sp³-hybridized carbons (Fsp3) is 0.176. The van der Waals surface area contributed by atoms with E-state index >= 15 is 0 Å². The molecule has 24 heavy (non-hydrogen) atoms. The molecule has 0 heterocycles. The molecule has 0 saturated heterocycles. The van der Waals surface area contributed by atoms with Gasteiger partial charge in [0.25, 0.3) is 11.6 Å². The molecule has 0 spiro atoms. The Morgan fingerprint density at radius 1 is 1.21 bits per heavy atom. The fourth-order valence-corrected chi connectivity index (χ4v) is 2.19. The van der Waals surface area contributed by atoms with Crippen molar-refractivity contribution in [1.82, 2.24) is 5.43 Å². The van der Waals surface area contributed by atoms with Crippen LogP contribution < -0.4 is 5.43 Å². The molecule has 124 valence electrons. The fourth-order valence-electron chi connectivity index (χ4n) is 2.19. The molecule has 0 aliphatic carbocycles. The second-order valence-electron chi connectivity index (χ2n) is 5.16. The summed E-state index contributed by atoms with van der Waals surface area (Å²) in [6.07, 6.45) is 0.588. The number of nitro benzene ring substituents is 1. The van der Waals surface area contributed by atoms with Crippen LogP contribution in [0.25, 0.3) is 0 Å². The number of hydrazone groups is 1. The lowest BCUT2D eigenvalue weighted by Crippen LogP contribution is -2.20. The zero-order valence-electron chi connectivity index (χ0n) is 13.3. The minimum atomic E-state index is -0.491. The van der Waals surface area contributed by atoms with Gasteiger partial charge in [0.05, 0.1) is 10.6 Å². The van der Waals surface area contributed by atoms with E-state index in [1.807, 2.05) is 6.92 Å². The van der Waals surface area contributed by atoms with Crippen molar-refractivity contribution in [1.29, 1.82) is 0 Å². The first-order chi connectivity index (χ1) is 11.4. The summed E-state index contributed by atoms with van der Waals surface area (Å²) in [6.45, 7) is 3.47. The van der Waals surface area contributed by atoms with Gasteiger partial charge in [-0.1, -0.05) is 6.92 Å². The van der Waals surface area contributed by atoms with E-state index in [1.54, 1.807) is 31.2 Å². The summed E-state index contributed by atoms with van der Waals surface area (Å²) in [5, 5.41) is 24.2. The number of aryl methyl sites for hydroxylation is 1. The molecule has 2 rings (SSSR count). The highest BCUT2D eigenvalue weighted by Crippen LogP contribution is 2.18. The predicted molar refractivity (Wildman–Crippen MR) is 90.2 cm³/mol. The number of phenolic OH excluding ortho intramolecular Hbond substituents is 1. The highest BCUT2D eigenvalue weighted by atomic mass is 16.6. The number of nitro groups is 1. The second kappa shape index (κ2) is 7.36. The van der Waals surface area contributed by atoms with Crippen molar-refractivity contribution < 1.29 is 14.8 Å². The topological polar surface area (TPSA) is 105 Å². The summed E-state index contributed by atoms with van der Waals surface area (Å²) >= 11 is 0. The number of phenols is 1. The molecule has 0 radical (unpaired) electrons. The molecule has 2 N–H and O–H groups in total. The Labute approximate surface area is 138 Å². The highest BCUT2D eigenvalue weighted by molar-refractivity contribution is 6.02. The average molecular weight is 327 g/mol. The van der Waals surface area contributed by atoms with Crippen molar-refractivity contribution in [2.75, 3.05) is 0 Å². The number of hydrogen-bond donors (Lipinski definition) is 2. The summed E-state index contributed by atoms with van der Waals surface area (Å²) in [7, 11) is 0. The number of carbonyl (C=O) groups is 1. The number of aromatic hydroxyl groups is 1. The number of rotatable bonds is 5. The zero-order valence-corrected chi connectivity index (χ0v) is 13.3. The summed E-state index contributed by atoms with van der Waals surface area (Å²) in [5.41, 5.74) is 4.57. The highest BCUT2D eigenvalue weighted by Gasteiger charge is 2.13. The third kappa shape index (κ3) is 3.95. The largest absolute Gasteiger partial charge is 0.508 e. The maximum Gasteiger partial charge on any atom is 0.272 e. The van der Waals surface area contributed by atoms with Crippen LogP contribution in [-0.4, -0.2) is 21.6 Å². The van der Waals surface area contributed by atoms with Crippen LogP contribution in [0.1, 0.15) is 34.8 Å². The first-order valence-corrected chi connectivity index (χ1v) is 7.33. The Kier molecular flexibility index (Phi) is 5.26. The average Bonchev–Trinajstić information content (AvgIpc) is 2.56. The molecule has 7 heteroatoms. The molecular formula is C17H17N3O4. The third-order valence-corrected chi connectivity index (χ3v) is 3.48. The Morgan fingerprint density at radius 3 is 2.38 bits per heavy atom. The van der Waals surface area contributed by atoms with E-state index in [4.69, 9.17) is 0 Å². The number of benzene rings is 2. The molecule has 2 aromatic carbocycles. The quantitative estimate of drug-likeness (QED) is 0.500. The van der Waals surface area contributed by atoms with E-state index < -0.39 is 10.8 Å².